The molecule has 0 radical (unpaired) electrons. The lowest BCUT2D eigenvalue weighted by Gasteiger charge is -2.18. The first-order valence-corrected chi connectivity index (χ1v) is 9.78. The van der Waals surface area contributed by atoms with E-state index in [4.69, 9.17) is 4.84 Å². The van der Waals surface area contributed by atoms with Crippen LogP contribution in [-0.4, -0.2) is 25.6 Å². The van der Waals surface area contributed by atoms with E-state index in [1.165, 1.54) is 19.3 Å². The van der Waals surface area contributed by atoms with Crippen molar-refractivity contribution in [3.05, 3.63) is 24.3 Å². The van der Waals surface area contributed by atoms with Crippen molar-refractivity contribution in [2.45, 2.75) is 38.5 Å². The Morgan fingerprint density at radius 3 is 2.33 bits per heavy atom. The number of rotatable bonds is 9. The van der Waals surface area contributed by atoms with Crippen LogP contribution in [-0.2, 0) is 9.63 Å². The van der Waals surface area contributed by atoms with E-state index in [-0.39, 0.29) is 11.8 Å². The van der Waals surface area contributed by atoms with Gasteiger partial charge in [0, 0.05) is 19.0 Å². The van der Waals surface area contributed by atoms with Gasteiger partial charge in [0.2, 0.25) is 5.91 Å². The van der Waals surface area contributed by atoms with E-state index in [9.17, 15) is 4.79 Å². The summed E-state index contributed by atoms with van der Waals surface area (Å²) < 4.78 is 0. The molecule has 4 aliphatic rings. The molecule has 6 unspecified atom stereocenters. The highest BCUT2D eigenvalue weighted by Gasteiger charge is 2.39. The molecule has 0 heterocycles. The normalized spacial score (nSPS) is 38.3. The van der Waals surface area contributed by atoms with Gasteiger partial charge in [-0.15, -0.1) is 0 Å². The van der Waals surface area contributed by atoms with Gasteiger partial charge in [0.15, 0.2) is 0 Å². The smallest absolute Gasteiger partial charge is 0.223 e. The number of hydrogen-bond donors (Lipinski definition) is 2. The largest absolute Gasteiger partial charge is 0.356 e. The van der Waals surface area contributed by atoms with Crippen molar-refractivity contribution >= 4 is 5.91 Å². The average molecular weight is 330 g/mol. The van der Waals surface area contributed by atoms with E-state index in [1.807, 2.05) is 0 Å². The lowest BCUT2D eigenvalue weighted by atomic mass is 9.93. The second kappa shape index (κ2) is 7.40. The molecule has 132 valence electrons. The van der Waals surface area contributed by atoms with Gasteiger partial charge in [-0.3, -0.25) is 4.79 Å². The summed E-state index contributed by atoms with van der Waals surface area (Å²) in [5, 5.41) is 3.11. The van der Waals surface area contributed by atoms with Crippen molar-refractivity contribution in [2.75, 3.05) is 19.7 Å². The van der Waals surface area contributed by atoms with Gasteiger partial charge in [0.05, 0.1) is 6.61 Å². The maximum absolute atomic E-state index is 12.2. The molecular formula is C20H30N2O2. The number of hydroxylamine groups is 1. The first-order chi connectivity index (χ1) is 11.8. The SMILES string of the molecule is O=C(NCCCCNOCC1CC2C=CC1C2)C1CC2C=CC1C2. The Labute approximate surface area is 145 Å². The number of allylic oxidation sites excluding steroid dienone is 4. The van der Waals surface area contributed by atoms with Crippen LogP contribution in [0.15, 0.2) is 24.3 Å². The molecule has 4 nitrogen and oxygen atoms in total. The Morgan fingerprint density at radius 1 is 0.917 bits per heavy atom. The quantitative estimate of drug-likeness (QED) is 0.388. The first kappa shape index (κ1) is 16.3. The zero-order valence-electron chi connectivity index (χ0n) is 14.5. The van der Waals surface area contributed by atoms with E-state index in [0.29, 0.717) is 17.8 Å². The standard InChI is InChI=1S/C20H30N2O2/c23-20(19-12-15-4-6-17(19)10-15)21-7-1-2-8-22-24-13-18-11-14-3-5-16(18)9-14/h3-6,14-19,22H,1-2,7-13H2,(H,21,23). The Morgan fingerprint density at radius 2 is 1.67 bits per heavy atom. The molecule has 24 heavy (non-hydrogen) atoms. The molecule has 2 saturated carbocycles. The van der Waals surface area contributed by atoms with Crippen LogP contribution in [0.5, 0.6) is 0 Å². The highest BCUT2D eigenvalue weighted by molar-refractivity contribution is 5.79. The highest BCUT2D eigenvalue weighted by Crippen LogP contribution is 2.44. The number of unbranched alkanes of at least 4 members (excludes halogenated alkanes) is 1. The Bertz CT molecular complexity index is 516. The molecule has 4 bridgehead atoms. The molecule has 4 heteroatoms. The predicted molar refractivity (Wildman–Crippen MR) is 93.9 cm³/mol. The van der Waals surface area contributed by atoms with Gasteiger partial charge >= 0.3 is 0 Å². The number of carbonyl (C=O) groups is 1. The van der Waals surface area contributed by atoms with E-state index in [2.05, 4.69) is 35.1 Å². The third kappa shape index (κ3) is 3.60. The number of carbonyl (C=O) groups excluding carboxylic acids is 1. The number of nitrogens with one attached hydrogen (secondary N) is 2. The molecule has 2 fully saturated rings. The minimum absolute atomic E-state index is 0.234. The monoisotopic (exact) mass is 330 g/mol. The third-order valence-corrected chi connectivity index (χ3v) is 6.44. The molecule has 0 aromatic carbocycles. The van der Waals surface area contributed by atoms with Gasteiger partial charge in [-0.1, -0.05) is 24.3 Å². The number of fused-ring (bicyclic) bond motifs is 4. The van der Waals surface area contributed by atoms with Crippen molar-refractivity contribution in [3.8, 4) is 0 Å². The topological polar surface area (TPSA) is 50.4 Å². The fourth-order valence-electron chi connectivity index (χ4n) is 5.07. The van der Waals surface area contributed by atoms with Gasteiger partial charge in [-0.05, 0) is 68.1 Å². The van der Waals surface area contributed by atoms with Crippen LogP contribution < -0.4 is 10.8 Å². The van der Waals surface area contributed by atoms with Gasteiger partial charge in [0.1, 0.15) is 0 Å². The van der Waals surface area contributed by atoms with Gasteiger partial charge in [-0.2, -0.15) is 0 Å². The molecule has 6 atom stereocenters. The van der Waals surface area contributed by atoms with Crippen LogP contribution in [0.3, 0.4) is 0 Å². The number of amides is 1. The highest BCUT2D eigenvalue weighted by atomic mass is 16.6. The average Bonchev–Trinajstić information content (AvgIpc) is 3.37. The summed E-state index contributed by atoms with van der Waals surface area (Å²) in [6.45, 7) is 2.48. The zero-order chi connectivity index (χ0) is 16.4. The fourth-order valence-corrected chi connectivity index (χ4v) is 5.07. The third-order valence-electron chi connectivity index (χ3n) is 6.44. The van der Waals surface area contributed by atoms with E-state index in [1.54, 1.807) is 0 Å². The number of hydrogen-bond acceptors (Lipinski definition) is 3. The lowest BCUT2D eigenvalue weighted by molar-refractivity contribution is -0.125. The van der Waals surface area contributed by atoms with Crippen molar-refractivity contribution in [2.24, 2.45) is 35.5 Å². The van der Waals surface area contributed by atoms with Gasteiger partial charge in [0.25, 0.3) is 0 Å². The summed E-state index contributed by atoms with van der Waals surface area (Å²) in [6, 6.07) is 0. The zero-order valence-corrected chi connectivity index (χ0v) is 14.5. The summed E-state index contributed by atoms with van der Waals surface area (Å²) in [4.78, 5) is 17.8. The minimum Gasteiger partial charge on any atom is -0.356 e. The second-order valence-corrected chi connectivity index (χ2v) is 8.13. The van der Waals surface area contributed by atoms with Crippen LogP contribution in [0.1, 0.15) is 38.5 Å². The molecule has 0 aliphatic heterocycles. The summed E-state index contributed by atoms with van der Waals surface area (Å²) in [5.41, 5.74) is 3.09. The molecule has 1 amide bonds. The maximum atomic E-state index is 12.2. The molecule has 0 aromatic rings. The lowest BCUT2D eigenvalue weighted by Crippen LogP contribution is -2.33. The van der Waals surface area contributed by atoms with E-state index >= 15 is 0 Å². The maximum Gasteiger partial charge on any atom is 0.223 e. The molecule has 0 aromatic heterocycles. The van der Waals surface area contributed by atoms with Crippen molar-refractivity contribution in [1.29, 1.82) is 0 Å². The Kier molecular flexibility index (Phi) is 5.04. The predicted octanol–water partition coefficient (Wildman–Crippen LogP) is 2.83. The van der Waals surface area contributed by atoms with E-state index in [0.717, 1.165) is 50.8 Å². The van der Waals surface area contributed by atoms with Crippen LogP contribution in [0.2, 0.25) is 0 Å². The Balaban J connectivity index is 1.00. The van der Waals surface area contributed by atoms with Gasteiger partial charge in [-0.25, -0.2) is 5.48 Å². The summed E-state index contributed by atoms with van der Waals surface area (Å²) in [6.07, 6.45) is 16.2. The van der Waals surface area contributed by atoms with Crippen molar-refractivity contribution < 1.29 is 9.63 Å². The summed E-state index contributed by atoms with van der Waals surface area (Å²) in [7, 11) is 0. The summed E-state index contributed by atoms with van der Waals surface area (Å²) >= 11 is 0. The first-order valence-electron chi connectivity index (χ1n) is 9.78. The molecule has 4 rings (SSSR count). The molecule has 0 saturated heterocycles. The molecular weight excluding hydrogens is 300 g/mol. The van der Waals surface area contributed by atoms with Crippen LogP contribution in [0.4, 0.5) is 0 Å². The molecule has 2 N–H and O–H groups in total. The van der Waals surface area contributed by atoms with Gasteiger partial charge < -0.3 is 10.2 Å². The fraction of sp³-hybridized carbons (Fsp3) is 0.750. The minimum atomic E-state index is 0.234. The van der Waals surface area contributed by atoms with E-state index < -0.39 is 0 Å². The second-order valence-electron chi connectivity index (χ2n) is 8.13. The summed E-state index contributed by atoms with van der Waals surface area (Å²) in [5.74, 6) is 3.95. The van der Waals surface area contributed by atoms with Crippen LogP contribution >= 0.6 is 0 Å². The van der Waals surface area contributed by atoms with Crippen LogP contribution in [0, 0.1) is 35.5 Å². The molecule has 0 spiro atoms. The van der Waals surface area contributed by atoms with Crippen molar-refractivity contribution in [3.63, 3.8) is 0 Å². The van der Waals surface area contributed by atoms with Crippen LogP contribution in [0.25, 0.3) is 0 Å². The Hall–Kier alpha value is -1.13. The molecule has 4 aliphatic carbocycles. The van der Waals surface area contributed by atoms with Crippen molar-refractivity contribution in [1.82, 2.24) is 10.8 Å².